The van der Waals surface area contributed by atoms with Crippen molar-refractivity contribution >= 4 is 16.9 Å². The zero-order valence-electron chi connectivity index (χ0n) is 13.2. The van der Waals surface area contributed by atoms with E-state index in [1.807, 2.05) is 31.9 Å². The molecule has 114 valence electrons. The Bertz CT molecular complexity index is 638. The molecule has 4 heteroatoms. The number of carboxylic acids is 1. The third kappa shape index (κ3) is 3.45. The van der Waals surface area contributed by atoms with E-state index in [0.717, 1.165) is 12.0 Å². The van der Waals surface area contributed by atoms with Gasteiger partial charge in [0, 0.05) is 29.2 Å². The van der Waals surface area contributed by atoms with Gasteiger partial charge in [0.1, 0.15) is 0 Å². The Balaban J connectivity index is 2.35. The zero-order chi connectivity index (χ0) is 15.6. The first-order chi connectivity index (χ1) is 9.82. The third-order valence-corrected chi connectivity index (χ3v) is 3.90. The number of aliphatic carboxylic acids is 1. The van der Waals surface area contributed by atoms with Crippen molar-refractivity contribution in [3.05, 3.63) is 35.5 Å². The lowest BCUT2D eigenvalue weighted by Crippen LogP contribution is -2.43. The maximum Gasteiger partial charge on any atom is 0.317 e. The number of carbonyl (C=O) groups is 1. The number of benzene rings is 1. The first-order valence-corrected chi connectivity index (χ1v) is 7.37. The molecule has 0 amide bonds. The molecule has 0 aliphatic carbocycles. The van der Waals surface area contributed by atoms with Gasteiger partial charge in [0.2, 0.25) is 0 Å². The van der Waals surface area contributed by atoms with Gasteiger partial charge < -0.3 is 10.1 Å². The minimum atomic E-state index is -0.793. The SMILES string of the molecule is CCc1cccc2c(CN(CC(=O)O)C(C)(C)C)c[nH]c12. The van der Waals surface area contributed by atoms with Crippen molar-refractivity contribution in [2.24, 2.45) is 0 Å². The molecule has 0 atom stereocenters. The van der Waals surface area contributed by atoms with Crippen LogP contribution in [0.1, 0.15) is 38.8 Å². The predicted molar refractivity (Wildman–Crippen MR) is 85.5 cm³/mol. The lowest BCUT2D eigenvalue weighted by molar-refractivity contribution is -0.139. The average molecular weight is 288 g/mol. The summed E-state index contributed by atoms with van der Waals surface area (Å²) in [5, 5.41) is 10.3. The lowest BCUT2D eigenvalue weighted by atomic mass is 10.0. The number of nitrogens with zero attached hydrogens (tertiary/aromatic N) is 1. The summed E-state index contributed by atoms with van der Waals surface area (Å²) >= 11 is 0. The molecular weight excluding hydrogens is 264 g/mol. The molecule has 0 saturated carbocycles. The summed E-state index contributed by atoms with van der Waals surface area (Å²) in [5.41, 5.74) is 3.42. The minimum absolute atomic E-state index is 0.0453. The van der Waals surface area contributed by atoms with Gasteiger partial charge in [0.25, 0.3) is 0 Å². The number of para-hydroxylation sites is 1. The van der Waals surface area contributed by atoms with Crippen LogP contribution in [-0.2, 0) is 17.8 Å². The van der Waals surface area contributed by atoms with E-state index in [-0.39, 0.29) is 12.1 Å². The molecule has 1 aromatic heterocycles. The van der Waals surface area contributed by atoms with Crippen molar-refractivity contribution in [2.75, 3.05) is 6.54 Å². The van der Waals surface area contributed by atoms with Crippen LogP contribution >= 0.6 is 0 Å². The number of H-pyrrole nitrogens is 1. The molecule has 0 aliphatic heterocycles. The fourth-order valence-electron chi connectivity index (χ4n) is 2.60. The molecule has 0 aliphatic rings. The number of carboxylic acid groups (broad SMARTS) is 1. The number of fused-ring (bicyclic) bond motifs is 1. The van der Waals surface area contributed by atoms with Crippen LogP contribution in [0.15, 0.2) is 24.4 Å². The van der Waals surface area contributed by atoms with Crippen molar-refractivity contribution in [3.8, 4) is 0 Å². The fraction of sp³-hybridized carbons (Fsp3) is 0.471. The maximum atomic E-state index is 11.1. The van der Waals surface area contributed by atoms with Gasteiger partial charge in [-0.3, -0.25) is 9.69 Å². The van der Waals surface area contributed by atoms with Crippen LogP contribution < -0.4 is 0 Å². The van der Waals surface area contributed by atoms with Gasteiger partial charge in [-0.25, -0.2) is 0 Å². The van der Waals surface area contributed by atoms with E-state index in [0.29, 0.717) is 6.54 Å². The molecule has 0 unspecified atom stereocenters. The Morgan fingerprint density at radius 2 is 2.00 bits per heavy atom. The van der Waals surface area contributed by atoms with Gasteiger partial charge in [-0.2, -0.15) is 0 Å². The highest BCUT2D eigenvalue weighted by Crippen LogP contribution is 2.25. The monoisotopic (exact) mass is 288 g/mol. The second-order valence-electron chi connectivity index (χ2n) is 6.43. The van der Waals surface area contributed by atoms with Gasteiger partial charge in [-0.1, -0.05) is 25.1 Å². The minimum Gasteiger partial charge on any atom is -0.480 e. The van der Waals surface area contributed by atoms with Crippen LogP contribution in [0, 0.1) is 0 Å². The maximum absolute atomic E-state index is 11.1. The Morgan fingerprint density at radius 3 is 2.57 bits per heavy atom. The molecule has 0 fully saturated rings. The average Bonchev–Trinajstić information content (AvgIpc) is 2.79. The smallest absolute Gasteiger partial charge is 0.317 e. The van der Waals surface area contributed by atoms with E-state index in [2.05, 4.69) is 30.1 Å². The van der Waals surface area contributed by atoms with E-state index in [1.54, 1.807) is 0 Å². The normalized spacial score (nSPS) is 12.2. The number of aryl methyl sites for hydroxylation is 1. The summed E-state index contributed by atoms with van der Waals surface area (Å²) < 4.78 is 0. The van der Waals surface area contributed by atoms with E-state index in [9.17, 15) is 4.79 Å². The quantitative estimate of drug-likeness (QED) is 0.886. The fourth-order valence-corrected chi connectivity index (χ4v) is 2.60. The van der Waals surface area contributed by atoms with Gasteiger partial charge in [-0.05, 0) is 38.3 Å². The number of nitrogens with one attached hydrogen (secondary N) is 1. The third-order valence-electron chi connectivity index (χ3n) is 3.90. The Labute approximate surface area is 125 Å². The second kappa shape index (κ2) is 5.90. The van der Waals surface area contributed by atoms with Crippen LogP contribution in [0.25, 0.3) is 10.9 Å². The molecule has 0 radical (unpaired) electrons. The Kier molecular flexibility index (Phi) is 4.37. The van der Waals surface area contributed by atoms with Crippen molar-refractivity contribution in [1.29, 1.82) is 0 Å². The highest BCUT2D eigenvalue weighted by Gasteiger charge is 2.24. The second-order valence-corrected chi connectivity index (χ2v) is 6.43. The van der Waals surface area contributed by atoms with E-state index in [4.69, 9.17) is 5.11 Å². The van der Waals surface area contributed by atoms with E-state index in [1.165, 1.54) is 16.5 Å². The molecule has 0 bridgehead atoms. The number of aromatic amines is 1. The summed E-state index contributed by atoms with van der Waals surface area (Å²) in [6, 6.07) is 6.29. The molecule has 1 heterocycles. The van der Waals surface area contributed by atoms with Crippen LogP contribution in [0.4, 0.5) is 0 Å². The van der Waals surface area contributed by atoms with Crippen LogP contribution in [0.5, 0.6) is 0 Å². The first kappa shape index (κ1) is 15.6. The highest BCUT2D eigenvalue weighted by atomic mass is 16.4. The summed E-state index contributed by atoms with van der Waals surface area (Å²) in [4.78, 5) is 16.4. The Morgan fingerprint density at radius 1 is 1.29 bits per heavy atom. The topological polar surface area (TPSA) is 56.3 Å². The van der Waals surface area contributed by atoms with Gasteiger partial charge in [0.15, 0.2) is 0 Å². The van der Waals surface area contributed by atoms with Crippen LogP contribution in [0.3, 0.4) is 0 Å². The molecule has 21 heavy (non-hydrogen) atoms. The van der Waals surface area contributed by atoms with Crippen LogP contribution in [-0.4, -0.2) is 33.0 Å². The summed E-state index contributed by atoms with van der Waals surface area (Å²) in [6.07, 6.45) is 2.99. The van der Waals surface area contributed by atoms with E-state index < -0.39 is 5.97 Å². The predicted octanol–water partition coefficient (Wildman–Crippen LogP) is 3.42. The van der Waals surface area contributed by atoms with Gasteiger partial charge in [-0.15, -0.1) is 0 Å². The highest BCUT2D eigenvalue weighted by molar-refractivity contribution is 5.86. The van der Waals surface area contributed by atoms with Crippen molar-refractivity contribution < 1.29 is 9.90 Å². The molecule has 2 rings (SSSR count). The zero-order valence-corrected chi connectivity index (χ0v) is 13.2. The summed E-state index contributed by atoms with van der Waals surface area (Å²) in [5.74, 6) is -0.793. The number of hydrogen-bond donors (Lipinski definition) is 2. The van der Waals surface area contributed by atoms with Crippen LogP contribution in [0.2, 0.25) is 0 Å². The number of rotatable bonds is 5. The standard InChI is InChI=1S/C17H24N2O2/c1-5-12-7-6-8-14-13(9-18-16(12)14)10-19(11-15(20)21)17(2,3)4/h6-9,18H,5,10-11H2,1-4H3,(H,20,21). The van der Waals surface area contributed by atoms with Gasteiger partial charge in [0.05, 0.1) is 6.54 Å². The summed E-state index contributed by atoms with van der Waals surface area (Å²) in [7, 11) is 0. The Hall–Kier alpha value is -1.81. The number of aromatic nitrogens is 1. The van der Waals surface area contributed by atoms with Crippen molar-refractivity contribution in [1.82, 2.24) is 9.88 Å². The molecule has 2 N–H and O–H groups in total. The molecule has 0 spiro atoms. The van der Waals surface area contributed by atoms with Gasteiger partial charge >= 0.3 is 5.97 Å². The number of hydrogen-bond acceptors (Lipinski definition) is 2. The van der Waals surface area contributed by atoms with Crippen molar-refractivity contribution in [3.63, 3.8) is 0 Å². The molecule has 1 aromatic carbocycles. The molecule has 0 saturated heterocycles. The largest absolute Gasteiger partial charge is 0.480 e. The first-order valence-electron chi connectivity index (χ1n) is 7.37. The molecular formula is C17H24N2O2. The molecule has 4 nitrogen and oxygen atoms in total. The summed E-state index contributed by atoms with van der Waals surface area (Å²) in [6.45, 7) is 8.94. The molecule has 2 aromatic rings. The lowest BCUT2D eigenvalue weighted by Gasteiger charge is -2.34. The van der Waals surface area contributed by atoms with E-state index >= 15 is 0 Å². The van der Waals surface area contributed by atoms with Crippen molar-refractivity contribution in [2.45, 2.75) is 46.2 Å².